The Morgan fingerprint density at radius 1 is 1.12 bits per heavy atom. The van der Waals surface area contributed by atoms with Crippen molar-refractivity contribution in [2.45, 2.75) is 31.7 Å². The summed E-state index contributed by atoms with van der Waals surface area (Å²) < 4.78 is 1.02. The van der Waals surface area contributed by atoms with Gasteiger partial charge in [-0.2, -0.15) is 0 Å². The number of anilines is 1. The molecule has 0 spiro atoms. The van der Waals surface area contributed by atoms with E-state index in [0.717, 1.165) is 21.2 Å². The minimum atomic E-state index is 0.612. The molecule has 3 rings (SSSR count). The summed E-state index contributed by atoms with van der Waals surface area (Å²) in [5, 5.41) is 3.59. The van der Waals surface area contributed by atoms with Crippen molar-refractivity contribution >= 4 is 32.7 Å². The number of halogens is 1. The highest BCUT2D eigenvalue weighted by Gasteiger charge is 2.16. The number of rotatable bonds is 2. The van der Waals surface area contributed by atoms with Crippen molar-refractivity contribution in [3.63, 3.8) is 0 Å². The van der Waals surface area contributed by atoms with Crippen molar-refractivity contribution in [2.75, 3.05) is 5.32 Å². The summed E-state index contributed by atoms with van der Waals surface area (Å²) in [6.45, 7) is 0. The maximum Gasteiger partial charge on any atom is 0.105 e. The third-order valence-corrected chi connectivity index (χ3v) is 4.10. The molecule has 1 N–H and O–H groups in total. The highest BCUT2D eigenvalue weighted by Crippen LogP contribution is 2.31. The molecule has 0 bridgehead atoms. The van der Waals surface area contributed by atoms with Crippen molar-refractivity contribution in [2.24, 2.45) is 0 Å². The van der Waals surface area contributed by atoms with Gasteiger partial charge in [0, 0.05) is 18.4 Å². The maximum atomic E-state index is 4.37. The molecule has 1 aliphatic rings. The molecule has 0 aliphatic heterocycles. The molecule has 1 aromatic carbocycles. The number of aromatic nitrogens is 2. The van der Waals surface area contributed by atoms with Gasteiger partial charge >= 0.3 is 0 Å². The van der Waals surface area contributed by atoms with Crippen molar-refractivity contribution in [1.29, 1.82) is 0 Å². The number of hydrogen-bond donors (Lipinski definition) is 1. The van der Waals surface area contributed by atoms with E-state index >= 15 is 0 Å². The van der Waals surface area contributed by atoms with Crippen LogP contribution in [0.15, 0.2) is 29.0 Å². The van der Waals surface area contributed by atoms with Gasteiger partial charge in [0.15, 0.2) is 0 Å². The van der Waals surface area contributed by atoms with Gasteiger partial charge in [-0.15, -0.1) is 0 Å². The van der Waals surface area contributed by atoms with E-state index in [4.69, 9.17) is 0 Å². The Morgan fingerprint density at radius 2 is 1.88 bits per heavy atom. The van der Waals surface area contributed by atoms with E-state index in [0.29, 0.717) is 6.04 Å². The Hall–Kier alpha value is -1.16. The summed E-state index contributed by atoms with van der Waals surface area (Å²) in [6.07, 6.45) is 8.66. The molecule has 1 aliphatic carbocycles. The predicted octanol–water partition coefficient (Wildman–Crippen LogP) is 3.75. The molecule has 0 unspecified atom stereocenters. The number of fused-ring (bicyclic) bond motifs is 1. The molecular weight excluding hydrogens is 278 g/mol. The summed E-state index contributed by atoms with van der Waals surface area (Å²) in [4.78, 5) is 8.66. The van der Waals surface area contributed by atoms with Gasteiger partial charge in [0.1, 0.15) is 5.52 Å². The average Bonchev–Trinajstić information content (AvgIpc) is 2.86. The van der Waals surface area contributed by atoms with Crippen LogP contribution in [0, 0.1) is 0 Å². The molecule has 3 nitrogen and oxygen atoms in total. The van der Waals surface area contributed by atoms with E-state index in [1.807, 2.05) is 6.07 Å². The zero-order valence-corrected chi connectivity index (χ0v) is 11.1. The van der Waals surface area contributed by atoms with Gasteiger partial charge in [0.25, 0.3) is 0 Å². The van der Waals surface area contributed by atoms with Crippen molar-refractivity contribution in [3.05, 3.63) is 29.0 Å². The fraction of sp³-hybridized carbons (Fsp3) is 0.385. The summed E-state index contributed by atoms with van der Waals surface area (Å²) in [5.74, 6) is 0. The number of benzene rings is 1. The molecule has 1 saturated carbocycles. The first-order valence-corrected chi connectivity index (χ1v) is 6.79. The minimum absolute atomic E-state index is 0.612. The fourth-order valence-electron chi connectivity index (χ4n) is 2.40. The Balaban J connectivity index is 1.96. The first kappa shape index (κ1) is 11.0. The van der Waals surface area contributed by atoms with Crippen molar-refractivity contribution < 1.29 is 0 Å². The second-order valence-corrected chi connectivity index (χ2v) is 5.27. The molecular formula is C13H14BrN3. The molecule has 0 atom stereocenters. The number of nitrogens with zero attached hydrogens (tertiary/aromatic N) is 2. The predicted molar refractivity (Wildman–Crippen MR) is 73.1 cm³/mol. The zero-order valence-electron chi connectivity index (χ0n) is 9.49. The maximum absolute atomic E-state index is 4.37. The molecule has 1 fully saturated rings. The van der Waals surface area contributed by atoms with Gasteiger partial charge in [-0.25, -0.2) is 0 Å². The third-order valence-electron chi connectivity index (χ3n) is 3.29. The second-order valence-electron chi connectivity index (χ2n) is 4.48. The van der Waals surface area contributed by atoms with Gasteiger partial charge in [-0.05, 0) is 40.9 Å². The number of nitrogens with one attached hydrogen (secondary N) is 1. The Kier molecular flexibility index (Phi) is 2.97. The molecule has 88 valence electrons. The van der Waals surface area contributed by atoms with Crippen LogP contribution in [-0.4, -0.2) is 16.0 Å². The molecule has 1 heterocycles. The van der Waals surface area contributed by atoms with Crippen LogP contribution in [0.4, 0.5) is 5.69 Å². The second kappa shape index (κ2) is 4.61. The monoisotopic (exact) mass is 291 g/mol. The van der Waals surface area contributed by atoms with Crippen LogP contribution in [0.2, 0.25) is 0 Å². The standard InChI is InChI=1S/C13H14BrN3/c14-12-10(17-9-3-1-2-4-9)5-6-11-13(12)16-8-7-15-11/h5-9,17H,1-4H2. The van der Waals surface area contributed by atoms with Gasteiger partial charge in [0.05, 0.1) is 15.7 Å². The smallest absolute Gasteiger partial charge is 0.105 e. The molecule has 0 radical (unpaired) electrons. The number of hydrogen-bond acceptors (Lipinski definition) is 3. The zero-order chi connectivity index (χ0) is 11.7. The first-order chi connectivity index (χ1) is 8.34. The quantitative estimate of drug-likeness (QED) is 0.916. The highest BCUT2D eigenvalue weighted by atomic mass is 79.9. The van der Waals surface area contributed by atoms with E-state index in [1.165, 1.54) is 25.7 Å². The van der Waals surface area contributed by atoms with E-state index in [1.54, 1.807) is 12.4 Å². The fourth-order valence-corrected chi connectivity index (χ4v) is 2.96. The lowest BCUT2D eigenvalue weighted by atomic mass is 10.2. The Bertz CT molecular complexity index is 535. The molecule has 17 heavy (non-hydrogen) atoms. The van der Waals surface area contributed by atoms with Gasteiger partial charge < -0.3 is 5.32 Å². The van der Waals surface area contributed by atoms with Crippen LogP contribution in [0.5, 0.6) is 0 Å². The van der Waals surface area contributed by atoms with Crippen LogP contribution < -0.4 is 5.32 Å². The summed E-state index contributed by atoms with van der Waals surface area (Å²) in [6, 6.07) is 4.71. The largest absolute Gasteiger partial charge is 0.381 e. The highest BCUT2D eigenvalue weighted by molar-refractivity contribution is 9.10. The van der Waals surface area contributed by atoms with Crippen molar-refractivity contribution in [1.82, 2.24) is 9.97 Å². The van der Waals surface area contributed by atoms with E-state index in [9.17, 15) is 0 Å². The lowest BCUT2D eigenvalue weighted by molar-refractivity contribution is 0.755. The van der Waals surface area contributed by atoms with Crippen LogP contribution >= 0.6 is 15.9 Å². The van der Waals surface area contributed by atoms with E-state index in [-0.39, 0.29) is 0 Å². The van der Waals surface area contributed by atoms with Gasteiger partial charge in [-0.1, -0.05) is 12.8 Å². The van der Waals surface area contributed by atoms with Crippen LogP contribution in [0.1, 0.15) is 25.7 Å². The van der Waals surface area contributed by atoms with Crippen LogP contribution in [0.25, 0.3) is 11.0 Å². The Labute approximate surface area is 109 Å². The molecule has 1 aromatic heterocycles. The third kappa shape index (κ3) is 2.14. The van der Waals surface area contributed by atoms with Crippen molar-refractivity contribution in [3.8, 4) is 0 Å². The molecule has 0 amide bonds. The summed E-state index contributed by atoms with van der Waals surface area (Å²) in [5.41, 5.74) is 2.98. The lowest BCUT2D eigenvalue weighted by Crippen LogP contribution is -2.14. The lowest BCUT2D eigenvalue weighted by Gasteiger charge is -2.15. The summed E-state index contributed by atoms with van der Waals surface area (Å²) in [7, 11) is 0. The Morgan fingerprint density at radius 3 is 2.71 bits per heavy atom. The SMILES string of the molecule is Brc1c(NC2CCCC2)ccc2nccnc12. The topological polar surface area (TPSA) is 37.8 Å². The van der Waals surface area contributed by atoms with E-state index < -0.39 is 0 Å². The van der Waals surface area contributed by atoms with Gasteiger partial charge in [0.2, 0.25) is 0 Å². The van der Waals surface area contributed by atoms with Crippen LogP contribution in [0.3, 0.4) is 0 Å². The molecule has 2 aromatic rings. The first-order valence-electron chi connectivity index (χ1n) is 6.00. The summed E-state index contributed by atoms with van der Waals surface area (Å²) >= 11 is 3.62. The van der Waals surface area contributed by atoms with Crippen LogP contribution in [-0.2, 0) is 0 Å². The average molecular weight is 292 g/mol. The molecule has 0 saturated heterocycles. The van der Waals surface area contributed by atoms with E-state index in [2.05, 4.69) is 37.3 Å². The normalized spacial score (nSPS) is 16.5. The molecule has 4 heteroatoms. The van der Waals surface area contributed by atoms with Gasteiger partial charge in [-0.3, -0.25) is 9.97 Å². The minimum Gasteiger partial charge on any atom is -0.381 e.